The van der Waals surface area contributed by atoms with E-state index in [9.17, 15) is 8.78 Å². The first-order valence-electron chi connectivity index (χ1n) is 9.98. The SMILES string of the molecule is CCCCCCCCC(CCc1ccc(F)c(F)c1)C(C)(C)OCC. The van der Waals surface area contributed by atoms with Crippen molar-refractivity contribution < 1.29 is 13.5 Å². The standard InChI is InChI=1S/C22H36F2O/c1-5-7-8-9-10-11-12-19(22(3,4)25-6-2)15-13-18-14-16-20(23)21(24)17-18/h14,16-17,19H,5-13,15H2,1-4H3. The van der Waals surface area contributed by atoms with Crippen LogP contribution in [0.1, 0.15) is 84.6 Å². The van der Waals surface area contributed by atoms with E-state index in [2.05, 4.69) is 20.8 Å². The summed E-state index contributed by atoms with van der Waals surface area (Å²) < 4.78 is 32.5. The summed E-state index contributed by atoms with van der Waals surface area (Å²) in [6, 6.07) is 4.24. The molecule has 1 atom stereocenters. The molecule has 0 bridgehead atoms. The van der Waals surface area contributed by atoms with Gasteiger partial charge < -0.3 is 4.74 Å². The molecule has 0 spiro atoms. The second-order valence-corrected chi connectivity index (χ2v) is 7.58. The Morgan fingerprint density at radius 3 is 2.24 bits per heavy atom. The Balaban J connectivity index is 2.56. The smallest absolute Gasteiger partial charge is 0.159 e. The lowest BCUT2D eigenvalue weighted by Gasteiger charge is -2.34. The van der Waals surface area contributed by atoms with Crippen molar-refractivity contribution in [3.8, 4) is 0 Å². The second kappa shape index (κ2) is 11.6. The number of hydrogen-bond acceptors (Lipinski definition) is 1. The Bertz CT molecular complexity index is 485. The first kappa shape index (κ1) is 22.1. The Labute approximate surface area is 153 Å². The molecule has 0 N–H and O–H groups in total. The molecule has 25 heavy (non-hydrogen) atoms. The van der Waals surface area contributed by atoms with E-state index in [1.807, 2.05) is 6.92 Å². The fraction of sp³-hybridized carbons (Fsp3) is 0.727. The Hall–Kier alpha value is -0.960. The molecule has 1 unspecified atom stereocenters. The van der Waals surface area contributed by atoms with Crippen LogP contribution in [0.4, 0.5) is 8.78 Å². The van der Waals surface area contributed by atoms with Crippen LogP contribution in [0.2, 0.25) is 0 Å². The largest absolute Gasteiger partial charge is 0.376 e. The number of hydrogen-bond donors (Lipinski definition) is 0. The summed E-state index contributed by atoms with van der Waals surface area (Å²) in [7, 11) is 0. The molecule has 0 amide bonds. The van der Waals surface area contributed by atoms with Crippen molar-refractivity contribution in [3.63, 3.8) is 0 Å². The van der Waals surface area contributed by atoms with Gasteiger partial charge in [-0.25, -0.2) is 8.78 Å². The Kier molecular flexibility index (Phi) is 10.3. The maximum Gasteiger partial charge on any atom is 0.159 e. The average molecular weight is 355 g/mol. The van der Waals surface area contributed by atoms with Crippen LogP contribution in [-0.2, 0) is 11.2 Å². The zero-order chi connectivity index (χ0) is 18.7. The van der Waals surface area contributed by atoms with Crippen molar-refractivity contribution in [3.05, 3.63) is 35.4 Å². The number of unbranched alkanes of at least 4 members (excludes halogenated alkanes) is 5. The highest BCUT2D eigenvalue weighted by atomic mass is 19.2. The van der Waals surface area contributed by atoms with Gasteiger partial charge in [-0.05, 0) is 63.6 Å². The van der Waals surface area contributed by atoms with Gasteiger partial charge in [0.05, 0.1) is 5.60 Å². The molecule has 1 aromatic rings. The molecule has 0 aliphatic carbocycles. The van der Waals surface area contributed by atoms with Crippen LogP contribution in [0.15, 0.2) is 18.2 Å². The summed E-state index contributed by atoms with van der Waals surface area (Å²) in [5.74, 6) is -1.11. The van der Waals surface area contributed by atoms with Crippen LogP contribution in [-0.4, -0.2) is 12.2 Å². The van der Waals surface area contributed by atoms with Gasteiger partial charge in [0.15, 0.2) is 11.6 Å². The lowest BCUT2D eigenvalue weighted by molar-refractivity contribution is -0.0598. The number of benzene rings is 1. The fourth-order valence-electron chi connectivity index (χ4n) is 3.54. The van der Waals surface area contributed by atoms with Crippen LogP contribution in [0.3, 0.4) is 0 Å². The van der Waals surface area contributed by atoms with Crippen LogP contribution in [0.5, 0.6) is 0 Å². The zero-order valence-corrected chi connectivity index (χ0v) is 16.5. The van der Waals surface area contributed by atoms with Crippen molar-refractivity contribution >= 4 is 0 Å². The van der Waals surface area contributed by atoms with E-state index in [0.29, 0.717) is 12.5 Å². The molecule has 0 heterocycles. The molecule has 0 radical (unpaired) electrons. The number of halogens is 2. The van der Waals surface area contributed by atoms with E-state index in [4.69, 9.17) is 4.74 Å². The van der Waals surface area contributed by atoms with E-state index in [1.165, 1.54) is 50.7 Å². The third-order valence-corrected chi connectivity index (χ3v) is 5.17. The maximum atomic E-state index is 13.4. The van der Waals surface area contributed by atoms with Gasteiger partial charge in [-0.1, -0.05) is 51.5 Å². The highest BCUT2D eigenvalue weighted by Gasteiger charge is 2.29. The van der Waals surface area contributed by atoms with Gasteiger partial charge in [0.25, 0.3) is 0 Å². The van der Waals surface area contributed by atoms with Crippen LogP contribution < -0.4 is 0 Å². The molecule has 1 nitrogen and oxygen atoms in total. The van der Waals surface area contributed by atoms with E-state index in [1.54, 1.807) is 6.07 Å². The summed E-state index contributed by atoms with van der Waals surface area (Å²) >= 11 is 0. The molecule has 0 saturated heterocycles. The van der Waals surface area contributed by atoms with Gasteiger partial charge in [-0.3, -0.25) is 0 Å². The van der Waals surface area contributed by atoms with Gasteiger partial charge in [0.1, 0.15) is 0 Å². The highest BCUT2D eigenvalue weighted by molar-refractivity contribution is 5.18. The maximum absolute atomic E-state index is 13.4. The predicted octanol–water partition coefficient (Wildman–Crippen LogP) is 7.08. The van der Waals surface area contributed by atoms with E-state index in [-0.39, 0.29) is 5.60 Å². The summed E-state index contributed by atoms with van der Waals surface area (Å²) in [5.41, 5.74) is 0.677. The molecular formula is C22H36F2O. The monoisotopic (exact) mass is 354 g/mol. The van der Waals surface area contributed by atoms with Gasteiger partial charge in [-0.2, -0.15) is 0 Å². The molecule has 0 aromatic heterocycles. The average Bonchev–Trinajstić information content (AvgIpc) is 2.56. The summed E-state index contributed by atoms with van der Waals surface area (Å²) in [5, 5.41) is 0. The van der Waals surface area contributed by atoms with E-state index < -0.39 is 11.6 Å². The Morgan fingerprint density at radius 2 is 1.60 bits per heavy atom. The van der Waals surface area contributed by atoms with Crippen molar-refractivity contribution in [1.82, 2.24) is 0 Å². The first-order chi connectivity index (χ1) is 11.9. The quantitative estimate of drug-likeness (QED) is 0.344. The van der Waals surface area contributed by atoms with Crippen molar-refractivity contribution in [2.45, 2.75) is 91.1 Å². The van der Waals surface area contributed by atoms with E-state index >= 15 is 0 Å². The molecule has 144 valence electrons. The molecule has 1 aromatic carbocycles. The predicted molar refractivity (Wildman–Crippen MR) is 102 cm³/mol. The Morgan fingerprint density at radius 1 is 0.920 bits per heavy atom. The summed E-state index contributed by atoms with van der Waals surface area (Å²) in [6.45, 7) is 9.27. The normalized spacial score (nSPS) is 13.2. The molecule has 0 aliphatic heterocycles. The van der Waals surface area contributed by atoms with Crippen molar-refractivity contribution in [2.24, 2.45) is 5.92 Å². The minimum Gasteiger partial charge on any atom is -0.376 e. The third-order valence-electron chi connectivity index (χ3n) is 5.17. The highest BCUT2D eigenvalue weighted by Crippen LogP contribution is 2.31. The van der Waals surface area contributed by atoms with Crippen LogP contribution in [0.25, 0.3) is 0 Å². The number of rotatable bonds is 13. The molecule has 0 fully saturated rings. The topological polar surface area (TPSA) is 9.23 Å². The summed E-state index contributed by atoms with van der Waals surface area (Å²) in [6.07, 6.45) is 10.5. The van der Waals surface area contributed by atoms with Gasteiger partial charge in [-0.15, -0.1) is 0 Å². The number of aryl methyl sites for hydroxylation is 1. The molecule has 0 aliphatic rings. The third kappa shape index (κ3) is 8.31. The van der Waals surface area contributed by atoms with Gasteiger partial charge in [0.2, 0.25) is 0 Å². The molecule has 3 heteroatoms. The first-order valence-corrected chi connectivity index (χ1v) is 9.98. The second-order valence-electron chi connectivity index (χ2n) is 7.58. The fourth-order valence-corrected chi connectivity index (χ4v) is 3.54. The molecular weight excluding hydrogens is 318 g/mol. The lowest BCUT2D eigenvalue weighted by Crippen LogP contribution is -2.35. The van der Waals surface area contributed by atoms with Crippen LogP contribution in [0, 0.1) is 17.6 Å². The molecule has 0 saturated carbocycles. The minimum absolute atomic E-state index is 0.184. The van der Waals surface area contributed by atoms with Gasteiger partial charge >= 0.3 is 0 Å². The van der Waals surface area contributed by atoms with Crippen molar-refractivity contribution in [2.75, 3.05) is 6.61 Å². The van der Waals surface area contributed by atoms with Crippen molar-refractivity contribution in [1.29, 1.82) is 0 Å². The van der Waals surface area contributed by atoms with Gasteiger partial charge in [0, 0.05) is 6.61 Å². The number of ether oxygens (including phenoxy) is 1. The lowest BCUT2D eigenvalue weighted by atomic mass is 9.81. The van der Waals surface area contributed by atoms with Crippen LogP contribution >= 0.6 is 0 Å². The zero-order valence-electron chi connectivity index (χ0n) is 16.5. The summed E-state index contributed by atoms with van der Waals surface area (Å²) in [4.78, 5) is 0. The minimum atomic E-state index is -0.776. The molecule has 1 rings (SSSR count). The van der Waals surface area contributed by atoms with E-state index in [0.717, 1.165) is 24.8 Å².